The average Bonchev–Trinajstić information content (AvgIpc) is 3.03. The van der Waals surface area contributed by atoms with Gasteiger partial charge >= 0.3 is 5.97 Å². The van der Waals surface area contributed by atoms with Crippen LogP contribution in [0.3, 0.4) is 0 Å². The Morgan fingerprint density at radius 1 is 0.743 bits per heavy atom. The predicted octanol–water partition coefficient (Wildman–Crippen LogP) is 5.97. The summed E-state index contributed by atoms with van der Waals surface area (Å²) >= 11 is 0. The van der Waals surface area contributed by atoms with Crippen LogP contribution in [0.15, 0.2) is 54.6 Å². The van der Waals surface area contributed by atoms with Gasteiger partial charge in [-0.2, -0.15) is 0 Å². The second-order valence-corrected chi connectivity index (χ2v) is 11.2. The fraction of sp³-hybridized carbons (Fsp3) is 0.367. The molecule has 178 valence electrons. The molecule has 4 aliphatic heterocycles. The van der Waals surface area contributed by atoms with E-state index in [4.69, 9.17) is 9.47 Å². The van der Waals surface area contributed by atoms with Crippen LogP contribution < -0.4 is 14.5 Å². The molecule has 2 saturated heterocycles. The van der Waals surface area contributed by atoms with Crippen molar-refractivity contribution in [3.8, 4) is 11.5 Å². The third-order valence-corrected chi connectivity index (χ3v) is 8.08. The van der Waals surface area contributed by atoms with E-state index >= 15 is 0 Å². The van der Waals surface area contributed by atoms with Gasteiger partial charge in [0.2, 0.25) is 0 Å². The molecule has 35 heavy (non-hydrogen) atoms. The maximum atomic E-state index is 13.3. The molecule has 0 unspecified atom stereocenters. The van der Waals surface area contributed by atoms with Crippen LogP contribution in [-0.4, -0.2) is 32.1 Å². The number of anilines is 2. The van der Waals surface area contributed by atoms with Crippen LogP contribution in [0.1, 0.15) is 66.2 Å². The summed E-state index contributed by atoms with van der Waals surface area (Å²) in [5.74, 6) is 1.26. The Labute approximate surface area is 206 Å². The third-order valence-electron chi connectivity index (χ3n) is 8.08. The standard InChI is InChI=1S/C30H30N2O3/c1-29(2,3)19-6-9-22-25(16-19)30(35-28(22)33)23-10-7-20(31-12-4-13-31)17-26(23)34-27-18-21(8-11-24(27)30)32-14-5-15-32/h6-11,16-18H,4-5,12-15H2,1-3H3. The first-order valence-electron chi connectivity index (χ1n) is 12.7. The summed E-state index contributed by atoms with van der Waals surface area (Å²) in [6, 6.07) is 18.9. The molecule has 3 aromatic rings. The second-order valence-electron chi connectivity index (χ2n) is 11.2. The average molecular weight is 467 g/mol. The zero-order valence-electron chi connectivity index (χ0n) is 20.6. The molecule has 0 radical (unpaired) electrons. The van der Waals surface area contributed by atoms with Crippen molar-refractivity contribution >= 4 is 17.3 Å². The van der Waals surface area contributed by atoms with Crippen molar-refractivity contribution in [2.75, 3.05) is 36.0 Å². The van der Waals surface area contributed by atoms with Gasteiger partial charge in [-0.05, 0) is 60.2 Å². The second kappa shape index (κ2) is 7.03. The Balaban J connectivity index is 1.48. The van der Waals surface area contributed by atoms with Crippen LogP contribution in [0, 0.1) is 0 Å². The summed E-state index contributed by atoms with van der Waals surface area (Å²) in [5, 5.41) is 0. The predicted molar refractivity (Wildman–Crippen MR) is 137 cm³/mol. The summed E-state index contributed by atoms with van der Waals surface area (Å²) in [5.41, 5.74) is 5.75. The Bertz CT molecular complexity index is 1320. The number of fused-ring (bicyclic) bond motifs is 6. The fourth-order valence-corrected chi connectivity index (χ4v) is 5.71. The van der Waals surface area contributed by atoms with Crippen molar-refractivity contribution in [2.45, 2.75) is 44.6 Å². The molecule has 1 spiro atoms. The maximum absolute atomic E-state index is 13.3. The lowest BCUT2D eigenvalue weighted by Gasteiger charge is -2.40. The van der Waals surface area contributed by atoms with Crippen LogP contribution in [0.25, 0.3) is 0 Å². The van der Waals surface area contributed by atoms with E-state index in [9.17, 15) is 4.79 Å². The molecule has 5 heteroatoms. The fourth-order valence-electron chi connectivity index (χ4n) is 5.71. The van der Waals surface area contributed by atoms with E-state index in [1.165, 1.54) is 18.4 Å². The van der Waals surface area contributed by atoms with E-state index in [-0.39, 0.29) is 11.4 Å². The topological polar surface area (TPSA) is 42.0 Å². The van der Waals surface area contributed by atoms with Crippen molar-refractivity contribution in [3.63, 3.8) is 0 Å². The van der Waals surface area contributed by atoms with Gasteiger partial charge in [0.15, 0.2) is 5.60 Å². The summed E-state index contributed by atoms with van der Waals surface area (Å²) < 4.78 is 13.0. The number of carbonyl (C=O) groups excluding carboxylic acids is 1. The van der Waals surface area contributed by atoms with Gasteiger partial charge in [-0.15, -0.1) is 0 Å². The van der Waals surface area contributed by atoms with Gasteiger partial charge in [0.05, 0.1) is 5.56 Å². The van der Waals surface area contributed by atoms with Crippen molar-refractivity contribution in [3.05, 3.63) is 82.4 Å². The SMILES string of the molecule is CC(C)(C)c1ccc2c(c1)C1(OC2=O)c2ccc(N3CCC3)cc2Oc2cc(N3CCC3)ccc21. The van der Waals surface area contributed by atoms with Gasteiger partial charge in [0, 0.05) is 66.4 Å². The van der Waals surface area contributed by atoms with Gasteiger partial charge in [0.1, 0.15) is 11.5 Å². The van der Waals surface area contributed by atoms with Gasteiger partial charge in [-0.3, -0.25) is 0 Å². The first kappa shape index (κ1) is 20.9. The molecule has 0 aromatic heterocycles. The quantitative estimate of drug-likeness (QED) is 0.435. The molecule has 0 aliphatic carbocycles. The monoisotopic (exact) mass is 466 g/mol. The summed E-state index contributed by atoms with van der Waals surface area (Å²) in [6.45, 7) is 10.8. The highest BCUT2D eigenvalue weighted by atomic mass is 16.6. The summed E-state index contributed by atoms with van der Waals surface area (Å²) in [6.07, 6.45) is 2.43. The Kier molecular flexibility index (Phi) is 4.19. The smallest absolute Gasteiger partial charge is 0.340 e. The lowest BCUT2D eigenvalue weighted by Crippen LogP contribution is -2.38. The van der Waals surface area contributed by atoms with Crippen molar-refractivity contribution < 1.29 is 14.3 Å². The first-order chi connectivity index (χ1) is 16.8. The zero-order valence-corrected chi connectivity index (χ0v) is 20.6. The molecule has 2 fully saturated rings. The summed E-state index contributed by atoms with van der Waals surface area (Å²) in [4.78, 5) is 18.0. The molecule has 3 aromatic carbocycles. The molecule has 0 saturated carbocycles. The number of carbonyl (C=O) groups is 1. The zero-order chi connectivity index (χ0) is 23.9. The number of nitrogens with zero attached hydrogens (tertiary/aromatic N) is 2. The van der Waals surface area contributed by atoms with Gasteiger partial charge < -0.3 is 19.3 Å². The summed E-state index contributed by atoms with van der Waals surface area (Å²) in [7, 11) is 0. The molecular weight excluding hydrogens is 436 g/mol. The maximum Gasteiger partial charge on any atom is 0.340 e. The molecule has 0 bridgehead atoms. The highest BCUT2D eigenvalue weighted by Crippen LogP contribution is 2.57. The Hall–Kier alpha value is -3.47. The number of hydrogen-bond donors (Lipinski definition) is 0. The lowest BCUT2D eigenvalue weighted by molar-refractivity contribution is 0.0224. The van der Waals surface area contributed by atoms with Crippen molar-refractivity contribution in [1.29, 1.82) is 0 Å². The first-order valence-corrected chi connectivity index (χ1v) is 12.7. The highest BCUT2D eigenvalue weighted by Gasteiger charge is 2.54. The molecular formula is C30H30N2O3. The highest BCUT2D eigenvalue weighted by molar-refractivity contribution is 5.97. The largest absolute Gasteiger partial charge is 0.456 e. The normalized spacial score (nSPS) is 19.2. The number of hydrogen-bond acceptors (Lipinski definition) is 5. The lowest BCUT2D eigenvalue weighted by atomic mass is 9.75. The van der Waals surface area contributed by atoms with Crippen LogP contribution in [0.2, 0.25) is 0 Å². The van der Waals surface area contributed by atoms with Crippen LogP contribution in [-0.2, 0) is 15.8 Å². The molecule has 4 aliphatic rings. The molecule has 4 heterocycles. The van der Waals surface area contributed by atoms with E-state index in [2.05, 4.69) is 79.1 Å². The van der Waals surface area contributed by atoms with E-state index in [0.29, 0.717) is 5.56 Å². The van der Waals surface area contributed by atoms with Gasteiger partial charge in [-0.1, -0.05) is 26.8 Å². The Morgan fingerprint density at radius 3 is 1.80 bits per heavy atom. The van der Waals surface area contributed by atoms with E-state index in [1.54, 1.807) is 0 Å². The number of ether oxygens (including phenoxy) is 2. The molecule has 5 nitrogen and oxygen atoms in total. The van der Waals surface area contributed by atoms with E-state index in [1.807, 2.05) is 6.07 Å². The number of benzene rings is 3. The minimum Gasteiger partial charge on any atom is -0.456 e. The molecule has 0 N–H and O–H groups in total. The van der Waals surface area contributed by atoms with Crippen molar-refractivity contribution in [1.82, 2.24) is 0 Å². The van der Waals surface area contributed by atoms with Gasteiger partial charge in [0.25, 0.3) is 0 Å². The third kappa shape index (κ3) is 2.90. The number of rotatable bonds is 2. The van der Waals surface area contributed by atoms with Crippen LogP contribution in [0.5, 0.6) is 11.5 Å². The molecule has 0 atom stereocenters. The Morgan fingerprint density at radius 2 is 1.31 bits per heavy atom. The molecule has 7 rings (SSSR count). The minimum atomic E-state index is -1.02. The van der Waals surface area contributed by atoms with Crippen LogP contribution >= 0.6 is 0 Å². The van der Waals surface area contributed by atoms with Crippen LogP contribution in [0.4, 0.5) is 11.4 Å². The molecule has 0 amide bonds. The number of esters is 1. The van der Waals surface area contributed by atoms with E-state index < -0.39 is 5.60 Å². The minimum absolute atomic E-state index is 0.0542. The van der Waals surface area contributed by atoms with Gasteiger partial charge in [-0.25, -0.2) is 4.79 Å². The van der Waals surface area contributed by atoms with Crippen molar-refractivity contribution in [2.24, 2.45) is 0 Å². The van der Waals surface area contributed by atoms with E-state index in [0.717, 1.165) is 65.7 Å².